The number of H-pyrrole nitrogens is 1. The van der Waals surface area contributed by atoms with Crippen molar-refractivity contribution in [3.8, 4) is 0 Å². The van der Waals surface area contributed by atoms with Crippen LogP contribution >= 0.6 is 7.82 Å². The zero-order valence-electron chi connectivity index (χ0n) is 11.3. The normalized spacial score (nSPS) is 29.0. The van der Waals surface area contributed by atoms with Gasteiger partial charge in [0.05, 0.1) is 6.61 Å². The lowest BCUT2D eigenvalue weighted by molar-refractivity contribution is -0.0543. The summed E-state index contributed by atoms with van der Waals surface area (Å²) in [6.07, 6.45) is -4.52. The van der Waals surface area contributed by atoms with Gasteiger partial charge < -0.3 is 24.7 Å². The molecule has 0 aromatic carbocycles. The van der Waals surface area contributed by atoms with E-state index < -0.39 is 50.2 Å². The molecule has 124 valence electrons. The van der Waals surface area contributed by atoms with E-state index in [1.54, 1.807) is 0 Å². The molecule has 0 spiro atoms. The Morgan fingerprint density at radius 3 is 2.59 bits per heavy atom. The van der Waals surface area contributed by atoms with E-state index in [0.29, 0.717) is 0 Å². The SMILES string of the molecule is Cc1cn([C@@H]2O[C@H](COP(=O)(O)O)[C@H](O)C2O)c(=O)[nH]c1=O. The van der Waals surface area contributed by atoms with Crippen molar-refractivity contribution < 1.29 is 33.8 Å². The largest absolute Gasteiger partial charge is 0.469 e. The van der Waals surface area contributed by atoms with Crippen LogP contribution in [-0.4, -0.2) is 54.5 Å². The summed E-state index contributed by atoms with van der Waals surface area (Å²) in [5.41, 5.74) is -1.28. The lowest BCUT2D eigenvalue weighted by Crippen LogP contribution is -2.38. The van der Waals surface area contributed by atoms with Gasteiger partial charge in [0.15, 0.2) is 6.23 Å². The summed E-state index contributed by atoms with van der Waals surface area (Å²) in [6.45, 7) is 0.747. The number of aliphatic hydroxyl groups excluding tert-OH is 2. The minimum absolute atomic E-state index is 0.180. The smallest absolute Gasteiger partial charge is 0.387 e. The molecule has 1 saturated heterocycles. The van der Waals surface area contributed by atoms with Crippen LogP contribution < -0.4 is 11.2 Å². The van der Waals surface area contributed by atoms with Crippen molar-refractivity contribution >= 4 is 7.82 Å². The molecule has 0 saturated carbocycles. The molecule has 1 aliphatic heterocycles. The van der Waals surface area contributed by atoms with E-state index in [9.17, 15) is 24.4 Å². The minimum atomic E-state index is -4.77. The fraction of sp³-hybridized carbons (Fsp3) is 0.600. The third-order valence-corrected chi connectivity index (χ3v) is 3.65. The molecule has 1 aromatic heterocycles. The molecule has 0 bridgehead atoms. The molecule has 11 nitrogen and oxygen atoms in total. The third kappa shape index (κ3) is 3.52. The van der Waals surface area contributed by atoms with E-state index in [4.69, 9.17) is 14.5 Å². The second-order valence-corrected chi connectivity index (χ2v) is 6.05. The molecule has 22 heavy (non-hydrogen) atoms. The number of ether oxygens (including phenoxy) is 1. The van der Waals surface area contributed by atoms with Gasteiger partial charge in [-0.2, -0.15) is 0 Å². The number of aromatic nitrogens is 2. The second-order valence-electron chi connectivity index (χ2n) is 4.81. The number of nitrogens with zero attached hydrogens (tertiary/aromatic N) is 1. The van der Waals surface area contributed by atoms with Crippen LogP contribution in [0.3, 0.4) is 0 Å². The Morgan fingerprint density at radius 1 is 1.36 bits per heavy atom. The van der Waals surface area contributed by atoms with Crippen molar-refractivity contribution in [3.63, 3.8) is 0 Å². The zero-order chi connectivity index (χ0) is 16.7. The molecule has 0 aliphatic carbocycles. The highest BCUT2D eigenvalue weighted by Gasteiger charge is 2.45. The molecular formula is C10H15N2O9P. The van der Waals surface area contributed by atoms with Gasteiger partial charge in [-0.3, -0.25) is 18.9 Å². The van der Waals surface area contributed by atoms with Crippen molar-refractivity contribution in [1.29, 1.82) is 0 Å². The van der Waals surface area contributed by atoms with Crippen LogP contribution in [0.25, 0.3) is 0 Å². The first-order chi connectivity index (χ1) is 10.1. The van der Waals surface area contributed by atoms with Crippen molar-refractivity contribution in [2.75, 3.05) is 6.61 Å². The quantitative estimate of drug-likeness (QED) is 0.374. The molecular weight excluding hydrogens is 323 g/mol. The number of phosphoric acid groups is 1. The first-order valence-electron chi connectivity index (χ1n) is 6.14. The highest BCUT2D eigenvalue weighted by atomic mass is 31.2. The first-order valence-corrected chi connectivity index (χ1v) is 7.67. The fourth-order valence-corrected chi connectivity index (χ4v) is 2.38. The number of nitrogens with one attached hydrogen (secondary N) is 1. The van der Waals surface area contributed by atoms with Crippen molar-refractivity contribution in [1.82, 2.24) is 9.55 Å². The first kappa shape index (κ1) is 17.0. The third-order valence-electron chi connectivity index (χ3n) is 3.16. The van der Waals surface area contributed by atoms with Crippen LogP contribution in [0.15, 0.2) is 15.8 Å². The molecule has 2 rings (SSSR count). The average Bonchev–Trinajstić information content (AvgIpc) is 2.68. The Bertz CT molecular complexity index is 707. The Labute approximate surface area is 123 Å². The molecule has 1 fully saturated rings. The summed E-state index contributed by atoms with van der Waals surface area (Å²) in [4.78, 5) is 42.3. The topological polar surface area (TPSA) is 171 Å². The summed E-state index contributed by atoms with van der Waals surface area (Å²) in [7, 11) is -4.77. The van der Waals surface area contributed by atoms with Gasteiger partial charge in [0.25, 0.3) is 5.56 Å². The van der Waals surface area contributed by atoms with E-state index >= 15 is 0 Å². The summed E-state index contributed by atoms with van der Waals surface area (Å²) in [6, 6.07) is 0. The number of hydrogen-bond donors (Lipinski definition) is 5. The number of aliphatic hydroxyl groups is 2. The molecule has 12 heteroatoms. The standard InChI is InChI=1S/C10H15N2O9P/c1-4-2-12(10(16)11-8(4)15)9-7(14)6(13)5(21-9)3-20-22(17,18)19/h2,5-7,9,13-14H,3H2,1H3,(H,11,15,16)(H2,17,18,19)/t5-,6+,7?,9-/m1/s1. The maximum Gasteiger partial charge on any atom is 0.469 e. The Hall–Kier alpha value is -1.33. The van der Waals surface area contributed by atoms with Crippen LogP contribution in [0.2, 0.25) is 0 Å². The van der Waals surface area contributed by atoms with Crippen molar-refractivity contribution in [2.24, 2.45) is 0 Å². The van der Waals surface area contributed by atoms with E-state index in [0.717, 1.165) is 10.8 Å². The van der Waals surface area contributed by atoms with Crippen LogP contribution in [0.1, 0.15) is 11.8 Å². The number of phosphoric ester groups is 1. The Balaban J connectivity index is 2.23. The molecule has 2 heterocycles. The van der Waals surface area contributed by atoms with Gasteiger partial charge in [0, 0.05) is 11.8 Å². The number of hydrogen-bond acceptors (Lipinski definition) is 7. The van der Waals surface area contributed by atoms with Crippen LogP contribution in [0.4, 0.5) is 0 Å². The van der Waals surface area contributed by atoms with Gasteiger partial charge >= 0.3 is 13.5 Å². The molecule has 1 aromatic rings. The van der Waals surface area contributed by atoms with E-state index in [1.807, 2.05) is 4.98 Å². The molecule has 0 radical (unpaired) electrons. The van der Waals surface area contributed by atoms with Crippen LogP contribution in [0, 0.1) is 6.92 Å². The van der Waals surface area contributed by atoms with Gasteiger partial charge in [-0.1, -0.05) is 0 Å². The summed E-state index contributed by atoms with van der Waals surface area (Å²) in [5, 5.41) is 19.7. The van der Waals surface area contributed by atoms with Crippen molar-refractivity contribution in [3.05, 3.63) is 32.6 Å². The Morgan fingerprint density at radius 2 is 2.00 bits per heavy atom. The second kappa shape index (κ2) is 6.05. The molecule has 1 aliphatic rings. The van der Waals surface area contributed by atoms with Gasteiger partial charge in [-0.15, -0.1) is 0 Å². The minimum Gasteiger partial charge on any atom is -0.387 e. The number of rotatable bonds is 4. The molecule has 5 N–H and O–H groups in total. The predicted octanol–water partition coefficient (Wildman–Crippen LogP) is -2.43. The fourth-order valence-electron chi connectivity index (χ4n) is 2.04. The monoisotopic (exact) mass is 338 g/mol. The van der Waals surface area contributed by atoms with E-state index in [2.05, 4.69) is 4.52 Å². The predicted molar refractivity (Wildman–Crippen MR) is 70.0 cm³/mol. The summed E-state index contributed by atoms with van der Waals surface area (Å²) >= 11 is 0. The van der Waals surface area contributed by atoms with Crippen LogP contribution in [-0.2, 0) is 13.8 Å². The van der Waals surface area contributed by atoms with Gasteiger partial charge in [0.1, 0.15) is 18.3 Å². The highest BCUT2D eigenvalue weighted by molar-refractivity contribution is 7.46. The van der Waals surface area contributed by atoms with Crippen molar-refractivity contribution in [2.45, 2.75) is 31.5 Å². The summed E-state index contributed by atoms with van der Waals surface area (Å²) in [5.74, 6) is 0. The average molecular weight is 338 g/mol. The van der Waals surface area contributed by atoms with Gasteiger partial charge in [-0.25, -0.2) is 9.36 Å². The lowest BCUT2D eigenvalue weighted by Gasteiger charge is -2.17. The van der Waals surface area contributed by atoms with E-state index in [-0.39, 0.29) is 5.56 Å². The maximum atomic E-state index is 11.7. The lowest BCUT2D eigenvalue weighted by atomic mass is 10.1. The molecule has 4 atom stereocenters. The maximum absolute atomic E-state index is 11.7. The number of aromatic amines is 1. The number of aryl methyl sites for hydroxylation is 1. The van der Waals surface area contributed by atoms with Crippen LogP contribution in [0.5, 0.6) is 0 Å². The van der Waals surface area contributed by atoms with E-state index in [1.165, 1.54) is 6.92 Å². The highest BCUT2D eigenvalue weighted by Crippen LogP contribution is 2.38. The zero-order valence-corrected chi connectivity index (χ0v) is 12.2. The summed E-state index contributed by atoms with van der Waals surface area (Å²) < 4.78 is 20.9. The molecule has 1 unspecified atom stereocenters. The van der Waals surface area contributed by atoms with Gasteiger partial charge in [0.2, 0.25) is 0 Å². The Kier molecular flexibility index (Phi) is 4.68. The van der Waals surface area contributed by atoms with Gasteiger partial charge in [-0.05, 0) is 6.92 Å². The molecule has 0 amide bonds.